The molecule has 2 rings (SSSR count). The molecule has 0 spiro atoms. The Labute approximate surface area is 133 Å². The molecule has 122 valence electrons. The Morgan fingerprint density at radius 1 is 1.18 bits per heavy atom. The highest BCUT2D eigenvalue weighted by atomic mass is 16.5. The number of hydrogen-bond acceptors (Lipinski definition) is 3. The van der Waals surface area contributed by atoms with E-state index in [-0.39, 0.29) is 5.91 Å². The maximum atomic E-state index is 12.3. The third-order valence-electron chi connectivity index (χ3n) is 4.62. The van der Waals surface area contributed by atoms with Gasteiger partial charge in [-0.05, 0) is 18.1 Å². The summed E-state index contributed by atoms with van der Waals surface area (Å²) in [7, 11) is 0. The van der Waals surface area contributed by atoms with Crippen LogP contribution in [0.3, 0.4) is 0 Å². The van der Waals surface area contributed by atoms with E-state index < -0.39 is 0 Å². The Morgan fingerprint density at radius 2 is 1.82 bits per heavy atom. The summed E-state index contributed by atoms with van der Waals surface area (Å²) >= 11 is 0. The van der Waals surface area contributed by atoms with Crippen LogP contribution in [-0.2, 0) is 4.74 Å². The van der Waals surface area contributed by atoms with Gasteiger partial charge in [-0.1, -0.05) is 44.9 Å². The number of hydrogen-bond donors (Lipinski definition) is 1. The van der Waals surface area contributed by atoms with Crippen molar-refractivity contribution in [2.75, 3.05) is 32.8 Å². The summed E-state index contributed by atoms with van der Waals surface area (Å²) in [5.74, 6) is 0.624. The largest absolute Gasteiger partial charge is 0.379 e. The second kappa shape index (κ2) is 8.91. The lowest BCUT2D eigenvalue weighted by atomic mass is 9.92. The van der Waals surface area contributed by atoms with Gasteiger partial charge in [0, 0.05) is 31.2 Å². The average molecular weight is 304 g/mol. The number of ether oxygens (including phenoxy) is 1. The van der Waals surface area contributed by atoms with Gasteiger partial charge in [-0.2, -0.15) is 0 Å². The lowest BCUT2D eigenvalue weighted by Gasteiger charge is -2.38. The van der Waals surface area contributed by atoms with E-state index in [0.717, 1.165) is 44.7 Å². The normalized spacial score (nSPS) is 17.4. The molecule has 0 aromatic heterocycles. The van der Waals surface area contributed by atoms with E-state index >= 15 is 0 Å². The van der Waals surface area contributed by atoms with Gasteiger partial charge in [0.1, 0.15) is 0 Å². The molecule has 1 aromatic rings. The summed E-state index contributed by atoms with van der Waals surface area (Å²) in [6.45, 7) is 8.69. The fourth-order valence-electron chi connectivity index (χ4n) is 3.22. The average Bonchev–Trinajstić information content (AvgIpc) is 2.60. The first-order valence-corrected chi connectivity index (χ1v) is 8.41. The van der Waals surface area contributed by atoms with Crippen molar-refractivity contribution in [3.63, 3.8) is 0 Å². The Bertz CT molecular complexity index is 440. The fraction of sp³-hybridized carbons (Fsp3) is 0.611. The van der Waals surface area contributed by atoms with Crippen molar-refractivity contribution in [2.45, 2.75) is 32.7 Å². The van der Waals surface area contributed by atoms with E-state index in [1.165, 1.54) is 0 Å². The highest BCUT2D eigenvalue weighted by molar-refractivity contribution is 5.94. The van der Waals surface area contributed by atoms with Gasteiger partial charge < -0.3 is 10.1 Å². The molecule has 1 fully saturated rings. The van der Waals surface area contributed by atoms with Crippen LogP contribution in [0.1, 0.15) is 37.0 Å². The molecule has 0 saturated carbocycles. The number of nitrogens with one attached hydrogen (secondary N) is 1. The highest BCUT2D eigenvalue weighted by Crippen LogP contribution is 2.19. The molecule has 1 atom stereocenters. The molecule has 1 aliphatic heterocycles. The molecule has 1 heterocycles. The minimum Gasteiger partial charge on any atom is -0.379 e. The maximum Gasteiger partial charge on any atom is 0.251 e. The molecular weight excluding hydrogens is 276 g/mol. The molecule has 0 radical (unpaired) electrons. The molecule has 0 aliphatic carbocycles. The van der Waals surface area contributed by atoms with E-state index in [4.69, 9.17) is 4.74 Å². The number of morpholine rings is 1. The third kappa shape index (κ3) is 4.55. The predicted molar refractivity (Wildman–Crippen MR) is 89.0 cm³/mol. The van der Waals surface area contributed by atoms with E-state index in [9.17, 15) is 4.79 Å². The second-order valence-corrected chi connectivity index (χ2v) is 5.87. The first-order chi connectivity index (χ1) is 10.8. The van der Waals surface area contributed by atoms with E-state index in [1.807, 2.05) is 30.3 Å². The number of benzene rings is 1. The zero-order valence-electron chi connectivity index (χ0n) is 13.8. The minimum atomic E-state index is 0.0183. The van der Waals surface area contributed by atoms with Crippen LogP contribution in [0.5, 0.6) is 0 Å². The fourth-order valence-corrected chi connectivity index (χ4v) is 3.22. The van der Waals surface area contributed by atoms with Crippen LogP contribution in [0.25, 0.3) is 0 Å². The Balaban J connectivity index is 1.98. The molecule has 1 N–H and O–H groups in total. The Morgan fingerprint density at radius 3 is 2.41 bits per heavy atom. The number of nitrogens with zero attached hydrogens (tertiary/aromatic N) is 1. The quantitative estimate of drug-likeness (QED) is 0.842. The first-order valence-electron chi connectivity index (χ1n) is 8.41. The summed E-state index contributed by atoms with van der Waals surface area (Å²) in [6, 6.07) is 9.83. The Hall–Kier alpha value is -1.39. The third-order valence-corrected chi connectivity index (χ3v) is 4.62. The molecular formula is C18H28N2O2. The molecule has 4 nitrogen and oxygen atoms in total. The van der Waals surface area contributed by atoms with Crippen LogP contribution >= 0.6 is 0 Å². The van der Waals surface area contributed by atoms with Crippen molar-refractivity contribution in [3.05, 3.63) is 35.9 Å². The zero-order valence-corrected chi connectivity index (χ0v) is 13.8. The summed E-state index contributed by atoms with van der Waals surface area (Å²) in [4.78, 5) is 14.8. The van der Waals surface area contributed by atoms with Gasteiger partial charge in [0.05, 0.1) is 13.2 Å². The van der Waals surface area contributed by atoms with Crippen molar-refractivity contribution in [1.29, 1.82) is 0 Å². The SMILES string of the molecule is CCC(CC)C(CNC(=O)c1ccccc1)N1CCOCC1. The smallest absolute Gasteiger partial charge is 0.251 e. The van der Waals surface area contributed by atoms with E-state index in [1.54, 1.807) is 0 Å². The number of rotatable bonds is 7. The molecule has 1 aliphatic rings. The molecule has 1 saturated heterocycles. The topological polar surface area (TPSA) is 41.6 Å². The van der Waals surface area contributed by atoms with Crippen LogP contribution in [0.2, 0.25) is 0 Å². The van der Waals surface area contributed by atoms with E-state index in [0.29, 0.717) is 18.5 Å². The van der Waals surface area contributed by atoms with Gasteiger partial charge in [0.2, 0.25) is 0 Å². The Kier molecular flexibility index (Phi) is 6.87. The molecule has 0 bridgehead atoms. The first kappa shape index (κ1) is 17.0. The standard InChI is InChI=1S/C18H28N2O2/c1-3-15(4-2)17(20-10-12-22-13-11-20)14-19-18(21)16-8-6-5-7-9-16/h5-9,15,17H,3-4,10-14H2,1-2H3,(H,19,21). The van der Waals surface area contributed by atoms with Gasteiger partial charge >= 0.3 is 0 Å². The van der Waals surface area contributed by atoms with Crippen LogP contribution in [-0.4, -0.2) is 49.7 Å². The summed E-state index contributed by atoms with van der Waals surface area (Å²) in [5, 5.41) is 3.12. The van der Waals surface area contributed by atoms with Gasteiger partial charge in [-0.15, -0.1) is 0 Å². The van der Waals surface area contributed by atoms with Gasteiger partial charge in [-0.3, -0.25) is 9.69 Å². The van der Waals surface area contributed by atoms with Crippen molar-refractivity contribution in [2.24, 2.45) is 5.92 Å². The number of carbonyl (C=O) groups is 1. The van der Waals surface area contributed by atoms with Crippen molar-refractivity contribution < 1.29 is 9.53 Å². The van der Waals surface area contributed by atoms with Crippen molar-refractivity contribution in [1.82, 2.24) is 10.2 Å². The predicted octanol–water partition coefficient (Wildman–Crippen LogP) is 2.55. The van der Waals surface area contributed by atoms with Crippen molar-refractivity contribution >= 4 is 5.91 Å². The number of amides is 1. The van der Waals surface area contributed by atoms with Gasteiger partial charge in [0.25, 0.3) is 5.91 Å². The molecule has 22 heavy (non-hydrogen) atoms. The monoisotopic (exact) mass is 304 g/mol. The maximum absolute atomic E-state index is 12.3. The summed E-state index contributed by atoms with van der Waals surface area (Å²) in [6.07, 6.45) is 2.28. The van der Waals surface area contributed by atoms with Crippen LogP contribution in [0.15, 0.2) is 30.3 Å². The van der Waals surface area contributed by atoms with E-state index in [2.05, 4.69) is 24.1 Å². The van der Waals surface area contributed by atoms with Crippen LogP contribution in [0, 0.1) is 5.92 Å². The van der Waals surface area contributed by atoms with Gasteiger partial charge in [-0.25, -0.2) is 0 Å². The van der Waals surface area contributed by atoms with Crippen LogP contribution in [0.4, 0.5) is 0 Å². The molecule has 1 unspecified atom stereocenters. The molecule has 1 aromatic carbocycles. The second-order valence-electron chi connectivity index (χ2n) is 5.87. The molecule has 4 heteroatoms. The zero-order chi connectivity index (χ0) is 15.8. The summed E-state index contributed by atoms with van der Waals surface area (Å²) in [5.41, 5.74) is 0.729. The van der Waals surface area contributed by atoms with Gasteiger partial charge in [0.15, 0.2) is 0 Å². The van der Waals surface area contributed by atoms with Crippen molar-refractivity contribution in [3.8, 4) is 0 Å². The molecule has 1 amide bonds. The minimum absolute atomic E-state index is 0.0183. The number of carbonyl (C=O) groups excluding carboxylic acids is 1. The lowest BCUT2D eigenvalue weighted by molar-refractivity contribution is 0.00191. The lowest BCUT2D eigenvalue weighted by Crippen LogP contribution is -2.52. The highest BCUT2D eigenvalue weighted by Gasteiger charge is 2.27. The summed E-state index contributed by atoms with van der Waals surface area (Å²) < 4.78 is 5.46. The van der Waals surface area contributed by atoms with Crippen LogP contribution < -0.4 is 5.32 Å².